The molecule has 10 atom stereocenters. The van der Waals surface area contributed by atoms with Crippen molar-refractivity contribution in [2.24, 2.45) is 51.8 Å². The number of fused-ring (bicyclic) bond motifs is 5. The van der Waals surface area contributed by atoms with Crippen LogP contribution in [0.5, 0.6) is 0 Å². The smallest absolute Gasteiger partial charge is 0.171 e. The molecule has 0 aliphatic heterocycles. The molecule has 4 aliphatic carbocycles. The van der Waals surface area contributed by atoms with Crippen LogP contribution in [0.25, 0.3) is 0 Å². The largest absolute Gasteiger partial charge is 0.417 e. The summed E-state index contributed by atoms with van der Waals surface area (Å²) >= 11 is 0. The Morgan fingerprint density at radius 1 is 1.11 bits per heavy atom. The molecule has 208 valence electrons. The van der Waals surface area contributed by atoms with Crippen molar-refractivity contribution in [2.75, 3.05) is 0 Å². The first-order chi connectivity index (χ1) is 16.8. The maximum absolute atomic E-state index is 11.5. The number of hydrogen-bond acceptors (Lipinski definition) is 2. The van der Waals surface area contributed by atoms with Crippen LogP contribution < -0.4 is 0 Å². The minimum absolute atomic E-state index is 0.111. The molecule has 4 rings (SSSR count). The second kappa shape index (κ2) is 10.8. The highest BCUT2D eigenvalue weighted by Crippen LogP contribution is 2.67. The Labute approximate surface area is 226 Å². The Bertz CT molecular complexity index is 783. The van der Waals surface area contributed by atoms with Crippen molar-refractivity contribution < 1.29 is 9.53 Å². The first kappa shape index (κ1) is 28.9. The minimum Gasteiger partial charge on any atom is -0.417 e. The lowest BCUT2D eigenvalue weighted by atomic mass is 9.46. The third-order valence-electron chi connectivity index (χ3n) is 11.6. The Hall–Kier alpha value is -0.123. The molecule has 2 nitrogen and oxygen atoms in total. The first-order valence-electron chi connectivity index (χ1n) is 15.8. The van der Waals surface area contributed by atoms with Gasteiger partial charge in [-0.25, -0.2) is 0 Å². The predicted molar refractivity (Wildman–Crippen MR) is 157 cm³/mol. The zero-order valence-electron chi connectivity index (χ0n) is 25.4. The van der Waals surface area contributed by atoms with Crippen molar-refractivity contribution in [3.8, 4) is 0 Å². The second-order valence-electron chi connectivity index (χ2n) is 15.8. The van der Waals surface area contributed by atoms with Gasteiger partial charge in [0, 0.05) is 5.41 Å². The first-order valence-corrected chi connectivity index (χ1v) is 18.6. The molecular formula is C33H60O2Si. The molecular weight excluding hydrogens is 456 g/mol. The van der Waals surface area contributed by atoms with E-state index < -0.39 is 9.04 Å². The van der Waals surface area contributed by atoms with Gasteiger partial charge in [0.1, 0.15) is 0 Å². The molecule has 0 amide bonds. The van der Waals surface area contributed by atoms with Crippen LogP contribution in [0.4, 0.5) is 0 Å². The molecule has 4 aliphatic rings. The highest BCUT2D eigenvalue weighted by Gasteiger charge is 2.62. The summed E-state index contributed by atoms with van der Waals surface area (Å²) in [6.07, 6.45) is 17.0. The SMILES string of the molecule is CC(CCC[C@@H](C)[C@H]1[C@@H](O)C[C@H]2[C@@H]3CC=C4CCCC(O[SiH](C)C)[C@]4(C)[C@H]3CC[C@]12C)CC(C)(C)C. The lowest BCUT2D eigenvalue weighted by molar-refractivity contribution is -0.0887. The maximum atomic E-state index is 11.5. The Morgan fingerprint density at radius 3 is 2.50 bits per heavy atom. The van der Waals surface area contributed by atoms with Gasteiger partial charge in [-0.1, -0.05) is 79.4 Å². The number of allylic oxidation sites excluding steroid dienone is 1. The number of rotatable bonds is 8. The molecule has 3 saturated carbocycles. The van der Waals surface area contributed by atoms with E-state index in [1.807, 2.05) is 0 Å². The molecule has 2 unspecified atom stereocenters. The number of hydrogen-bond donors (Lipinski definition) is 1. The van der Waals surface area contributed by atoms with E-state index in [-0.39, 0.29) is 11.5 Å². The van der Waals surface area contributed by atoms with E-state index in [0.29, 0.717) is 34.7 Å². The van der Waals surface area contributed by atoms with Gasteiger partial charge in [0.25, 0.3) is 0 Å². The summed E-state index contributed by atoms with van der Waals surface area (Å²) in [5, 5.41) is 11.5. The Morgan fingerprint density at radius 2 is 1.83 bits per heavy atom. The van der Waals surface area contributed by atoms with Crippen LogP contribution in [0.1, 0.15) is 119 Å². The summed E-state index contributed by atoms with van der Waals surface area (Å²) in [6, 6.07) is 0. The fourth-order valence-corrected chi connectivity index (χ4v) is 11.5. The molecule has 3 fully saturated rings. The minimum atomic E-state index is -1.07. The summed E-state index contributed by atoms with van der Waals surface area (Å²) in [5.41, 5.74) is 2.69. The standard InChI is InChI=1S/C33H60O2Si/c1-22(21-31(3,4)5)12-10-13-23(2)30-28(34)20-27-25-17-16-24-14-11-15-29(35-36(8)9)33(24,7)26(25)18-19-32(27,30)6/h16,22-23,25-30,34,36H,10-15,17-21H2,1-9H3/t22?,23-,25-,26+,27+,28+,29?,30+,32+,33+/m1/s1. The summed E-state index contributed by atoms with van der Waals surface area (Å²) < 4.78 is 6.77. The third-order valence-corrected chi connectivity index (χ3v) is 12.5. The molecule has 0 radical (unpaired) electrons. The van der Waals surface area contributed by atoms with Gasteiger partial charge in [-0.3, -0.25) is 0 Å². The van der Waals surface area contributed by atoms with Crippen LogP contribution >= 0.6 is 0 Å². The fraction of sp³-hybridized carbons (Fsp3) is 0.939. The van der Waals surface area contributed by atoms with Crippen LogP contribution in [0.2, 0.25) is 13.1 Å². The van der Waals surface area contributed by atoms with Crippen molar-refractivity contribution in [1.82, 2.24) is 0 Å². The second-order valence-corrected chi connectivity index (χ2v) is 18.2. The maximum Gasteiger partial charge on any atom is 0.171 e. The predicted octanol–water partition coefficient (Wildman–Crippen LogP) is 8.78. The van der Waals surface area contributed by atoms with Gasteiger partial charge in [0.05, 0.1) is 12.2 Å². The Balaban J connectivity index is 1.47. The van der Waals surface area contributed by atoms with Gasteiger partial charge >= 0.3 is 0 Å². The number of aliphatic hydroxyl groups excluding tert-OH is 1. The molecule has 0 saturated heterocycles. The molecule has 0 aromatic carbocycles. The third kappa shape index (κ3) is 5.46. The van der Waals surface area contributed by atoms with Crippen LogP contribution in [-0.4, -0.2) is 26.4 Å². The quantitative estimate of drug-likeness (QED) is 0.258. The summed E-state index contributed by atoms with van der Waals surface area (Å²) in [4.78, 5) is 0. The molecule has 36 heavy (non-hydrogen) atoms. The van der Waals surface area contributed by atoms with Gasteiger partial charge in [0.2, 0.25) is 0 Å². The lowest BCUT2D eigenvalue weighted by Crippen LogP contribution is -2.55. The van der Waals surface area contributed by atoms with Crippen molar-refractivity contribution in [1.29, 1.82) is 0 Å². The van der Waals surface area contributed by atoms with Crippen molar-refractivity contribution in [3.05, 3.63) is 11.6 Å². The van der Waals surface area contributed by atoms with Gasteiger partial charge in [-0.05, 0) is 111 Å². The van der Waals surface area contributed by atoms with Crippen LogP contribution in [0.3, 0.4) is 0 Å². The average Bonchev–Trinajstić information content (AvgIpc) is 3.02. The van der Waals surface area contributed by atoms with E-state index in [2.05, 4.69) is 67.6 Å². The van der Waals surface area contributed by atoms with E-state index in [1.54, 1.807) is 5.57 Å². The van der Waals surface area contributed by atoms with Crippen LogP contribution in [0.15, 0.2) is 11.6 Å². The monoisotopic (exact) mass is 516 g/mol. The summed E-state index contributed by atoms with van der Waals surface area (Å²) in [6.45, 7) is 21.9. The van der Waals surface area contributed by atoms with Crippen molar-refractivity contribution in [2.45, 2.75) is 144 Å². The number of aliphatic hydroxyl groups is 1. The molecule has 3 heteroatoms. The molecule has 0 bridgehead atoms. The van der Waals surface area contributed by atoms with Crippen molar-refractivity contribution >= 4 is 9.04 Å². The van der Waals surface area contributed by atoms with Crippen LogP contribution in [0, 0.1) is 51.8 Å². The summed E-state index contributed by atoms with van der Waals surface area (Å²) in [7, 11) is -1.07. The van der Waals surface area contributed by atoms with E-state index in [9.17, 15) is 5.11 Å². The Kier molecular flexibility index (Phi) is 8.66. The zero-order valence-corrected chi connectivity index (χ0v) is 26.6. The van der Waals surface area contributed by atoms with E-state index in [1.165, 1.54) is 64.2 Å². The van der Waals surface area contributed by atoms with E-state index in [0.717, 1.165) is 24.2 Å². The topological polar surface area (TPSA) is 29.5 Å². The molecule has 0 aromatic heterocycles. The molecule has 1 N–H and O–H groups in total. The highest BCUT2D eigenvalue weighted by atomic mass is 28.3. The van der Waals surface area contributed by atoms with E-state index in [4.69, 9.17) is 4.43 Å². The normalized spacial score (nSPS) is 42.4. The van der Waals surface area contributed by atoms with Gasteiger partial charge in [-0.2, -0.15) is 0 Å². The van der Waals surface area contributed by atoms with E-state index >= 15 is 0 Å². The summed E-state index contributed by atoms with van der Waals surface area (Å²) in [5.74, 6) is 4.04. The molecule has 0 aromatic rings. The van der Waals surface area contributed by atoms with Crippen molar-refractivity contribution in [3.63, 3.8) is 0 Å². The van der Waals surface area contributed by atoms with Gasteiger partial charge in [0.15, 0.2) is 9.04 Å². The lowest BCUT2D eigenvalue weighted by Gasteiger charge is -2.60. The highest BCUT2D eigenvalue weighted by molar-refractivity contribution is 6.48. The van der Waals surface area contributed by atoms with Gasteiger partial charge in [-0.15, -0.1) is 0 Å². The molecule has 0 heterocycles. The fourth-order valence-electron chi connectivity index (χ4n) is 10.4. The van der Waals surface area contributed by atoms with Crippen LogP contribution in [-0.2, 0) is 4.43 Å². The molecule has 0 spiro atoms. The zero-order chi connectivity index (χ0) is 26.5. The average molecular weight is 517 g/mol. The van der Waals surface area contributed by atoms with Gasteiger partial charge < -0.3 is 9.53 Å².